The van der Waals surface area contributed by atoms with Crippen LogP contribution in [-0.2, 0) is 9.59 Å². The number of hydrogen-bond donors (Lipinski definition) is 1. The van der Waals surface area contributed by atoms with Crippen molar-refractivity contribution in [3.8, 4) is 17.2 Å². The minimum atomic E-state index is -0.761. The predicted molar refractivity (Wildman–Crippen MR) is 122 cm³/mol. The number of likely N-dealkylation sites (N-methyl/N-ethyl adjacent to an activating group) is 1. The number of benzene rings is 2. The number of nitrogens with zero attached hydrogens (tertiary/aromatic N) is 2. The zero-order valence-corrected chi connectivity index (χ0v) is 18.6. The second kappa shape index (κ2) is 9.38. The van der Waals surface area contributed by atoms with Crippen molar-refractivity contribution in [2.45, 2.75) is 6.04 Å². The first-order valence-corrected chi connectivity index (χ1v) is 10.6. The molecule has 1 atom stereocenters. The lowest BCUT2D eigenvalue weighted by Gasteiger charge is -2.27. The molecule has 0 spiro atoms. The molecule has 2 heterocycles. The molecule has 2 aliphatic heterocycles. The number of fused-ring (bicyclic) bond motifs is 1. The quantitative estimate of drug-likeness (QED) is 0.286. The van der Waals surface area contributed by atoms with Crippen LogP contribution in [0, 0.1) is 0 Å². The molecular weight excluding hydrogens is 424 g/mol. The minimum Gasteiger partial charge on any atom is -0.507 e. The summed E-state index contributed by atoms with van der Waals surface area (Å²) in [4.78, 5) is 29.6. The molecule has 8 heteroatoms. The van der Waals surface area contributed by atoms with Crippen LogP contribution in [0.4, 0.5) is 0 Å². The van der Waals surface area contributed by atoms with E-state index in [2.05, 4.69) is 6.58 Å². The number of aliphatic hydroxyl groups is 1. The van der Waals surface area contributed by atoms with Gasteiger partial charge < -0.3 is 29.1 Å². The van der Waals surface area contributed by atoms with Gasteiger partial charge in [-0.25, -0.2) is 0 Å². The number of aliphatic hydroxyl groups excluding tert-OH is 1. The van der Waals surface area contributed by atoms with Gasteiger partial charge in [0.2, 0.25) is 6.79 Å². The van der Waals surface area contributed by atoms with Crippen LogP contribution in [0.25, 0.3) is 5.76 Å². The molecule has 1 amide bonds. The van der Waals surface area contributed by atoms with Crippen molar-refractivity contribution in [3.05, 3.63) is 71.8 Å². The summed E-state index contributed by atoms with van der Waals surface area (Å²) < 4.78 is 16.4. The Morgan fingerprint density at radius 1 is 1.21 bits per heavy atom. The summed E-state index contributed by atoms with van der Waals surface area (Å²) in [6.07, 6.45) is 1.63. The van der Waals surface area contributed by atoms with Crippen molar-refractivity contribution in [3.63, 3.8) is 0 Å². The first-order chi connectivity index (χ1) is 15.9. The maximum Gasteiger partial charge on any atom is 0.295 e. The molecule has 2 aliphatic rings. The number of likely N-dealkylation sites (tertiary alicyclic amines) is 1. The van der Waals surface area contributed by atoms with Gasteiger partial charge in [-0.05, 0) is 50.0 Å². The molecule has 33 heavy (non-hydrogen) atoms. The van der Waals surface area contributed by atoms with Gasteiger partial charge in [0, 0.05) is 18.7 Å². The molecule has 4 rings (SSSR count). The second-order valence-corrected chi connectivity index (χ2v) is 8.04. The van der Waals surface area contributed by atoms with Gasteiger partial charge >= 0.3 is 0 Å². The molecule has 172 valence electrons. The highest BCUT2D eigenvalue weighted by molar-refractivity contribution is 6.46. The lowest BCUT2D eigenvalue weighted by Crippen LogP contribution is -2.35. The van der Waals surface area contributed by atoms with Crippen LogP contribution in [0.2, 0.25) is 0 Å². The standard InChI is InChI=1S/C25H26N2O6/c1-4-12-31-18-7-5-6-16(13-18)22-21(24(29)25(30)27(22)11-10-26(2)3)23(28)17-8-9-19-20(14-17)33-15-32-19/h4-9,13-14,22,28H,1,10-12,15H2,2-3H3/b23-21+. The fourth-order valence-electron chi connectivity index (χ4n) is 3.89. The maximum atomic E-state index is 13.1. The van der Waals surface area contributed by atoms with E-state index < -0.39 is 17.7 Å². The van der Waals surface area contributed by atoms with E-state index in [1.54, 1.807) is 42.5 Å². The van der Waals surface area contributed by atoms with E-state index in [1.807, 2.05) is 25.1 Å². The second-order valence-electron chi connectivity index (χ2n) is 8.04. The van der Waals surface area contributed by atoms with Crippen molar-refractivity contribution in [2.24, 2.45) is 0 Å². The zero-order chi connectivity index (χ0) is 23.5. The van der Waals surface area contributed by atoms with Crippen molar-refractivity contribution in [2.75, 3.05) is 40.6 Å². The maximum absolute atomic E-state index is 13.1. The summed E-state index contributed by atoms with van der Waals surface area (Å²) >= 11 is 0. The third-order valence-electron chi connectivity index (χ3n) is 5.52. The number of ketones is 1. The number of amides is 1. The highest BCUT2D eigenvalue weighted by atomic mass is 16.7. The molecule has 1 saturated heterocycles. The van der Waals surface area contributed by atoms with Crippen molar-refractivity contribution >= 4 is 17.4 Å². The van der Waals surface area contributed by atoms with Gasteiger partial charge in [-0.2, -0.15) is 0 Å². The normalized spacial score (nSPS) is 18.8. The van der Waals surface area contributed by atoms with Gasteiger partial charge in [0.15, 0.2) is 11.5 Å². The van der Waals surface area contributed by atoms with Gasteiger partial charge in [0.05, 0.1) is 11.6 Å². The van der Waals surface area contributed by atoms with Crippen molar-refractivity contribution < 1.29 is 28.9 Å². The van der Waals surface area contributed by atoms with Gasteiger partial charge in [-0.15, -0.1) is 0 Å². The minimum absolute atomic E-state index is 0.0264. The molecule has 1 unspecified atom stereocenters. The Morgan fingerprint density at radius 2 is 2.00 bits per heavy atom. The van der Waals surface area contributed by atoms with E-state index in [9.17, 15) is 14.7 Å². The molecule has 0 radical (unpaired) electrons. The number of carbonyl (C=O) groups excluding carboxylic acids is 2. The van der Waals surface area contributed by atoms with E-state index in [4.69, 9.17) is 14.2 Å². The summed E-state index contributed by atoms with van der Waals surface area (Å²) in [5, 5.41) is 11.2. The molecule has 0 aliphatic carbocycles. The lowest BCUT2D eigenvalue weighted by molar-refractivity contribution is -0.140. The topological polar surface area (TPSA) is 88.5 Å². The van der Waals surface area contributed by atoms with Crippen LogP contribution in [-0.4, -0.2) is 67.2 Å². The SMILES string of the molecule is C=CCOc1cccc(C2/C(=C(\O)c3ccc4c(c3)OCO4)C(=O)C(=O)N2CCN(C)C)c1. The molecule has 0 aromatic heterocycles. The number of carbonyl (C=O) groups is 2. The third-order valence-corrected chi connectivity index (χ3v) is 5.52. The third kappa shape index (κ3) is 4.42. The molecule has 1 N–H and O–H groups in total. The van der Waals surface area contributed by atoms with Crippen LogP contribution in [0.5, 0.6) is 17.2 Å². The van der Waals surface area contributed by atoms with Gasteiger partial charge in [0.1, 0.15) is 18.1 Å². The van der Waals surface area contributed by atoms with Crippen LogP contribution < -0.4 is 14.2 Å². The largest absolute Gasteiger partial charge is 0.507 e. The Balaban J connectivity index is 1.81. The van der Waals surface area contributed by atoms with Gasteiger partial charge in [-0.1, -0.05) is 24.8 Å². The molecular formula is C25H26N2O6. The fourth-order valence-corrected chi connectivity index (χ4v) is 3.89. The summed E-state index contributed by atoms with van der Waals surface area (Å²) in [7, 11) is 3.78. The Kier molecular flexibility index (Phi) is 6.37. The summed E-state index contributed by atoms with van der Waals surface area (Å²) in [5.74, 6) is -0.0400. The molecule has 0 saturated carbocycles. The van der Waals surface area contributed by atoms with E-state index in [0.717, 1.165) is 0 Å². The lowest BCUT2D eigenvalue weighted by atomic mass is 9.95. The molecule has 8 nitrogen and oxygen atoms in total. The van der Waals surface area contributed by atoms with Crippen LogP contribution in [0.1, 0.15) is 17.2 Å². The van der Waals surface area contributed by atoms with Crippen LogP contribution in [0.3, 0.4) is 0 Å². The van der Waals surface area contributed by atoms with Crippen LogP contribution in [0.15, 0.2) is 60.7 Å². The van der Waals surface area contributed by atoms with Crippen molar-refractivity contribution in [1.29, 1.82) is 0 Å². The number of ether oxygens (including phenoxy) is 3. The van der Waals surface area contributed by atoms with E-state index >= 15 is 0 Å². The molecule has 2 aromatic rings. The Bertz CT molecular complexity index is 1120. The van der Waals surface area contributed by atoms with Crippen molar-refractivity contribution in [1.82, 2.24) is 9.80 Å². The van der Waals surface area contributed by atoms with Gasteiger partial charge in [0.25, 0.3) is 11.7 Å². The molecule has 2 aromatic carbocycles. The Hall–Kier alpha value is -3.78. The highest BCUT2D eigenvalue weighted by Crippen LogP contribution is 2.41. The fraction of sp³-hybridized carbons (Fsp3) is 0.280. The first kappa shape index (κ1) is 22.4. The average molecular weight is 450 g/mol. The summed E-state index contributed by atoms with van der Waals surface area (Å²) in [6.45, 7) is 4.94. The Morgan fingerprint density at radius 3 is 2.76 bits per heavy atom. The smallest absolute Gasteiger partial charge is 0.295 e. The number of hydrogen-bond acceptors (Lipinski definition) is 7. The number of Topliss-reactive ketones (excluding diaryl/α,β-unsaturated/α-hetero) is 1. The first-order valence-electron chi connectivity index (χ1n) is 10.6. The summed E-state index contributed by atoms with van der Waals surface area (Å²) in [5.41, 5.74) is 1.06. The monoisotopic (exact) mass is 450 g/mol. The summed E-state index contributed by atoms with van der Waals surface area (Å²) in [6, 6.07) is 11.3. The highest BCUT2D eigenvalue weighted by Gasteiger charge is 2.46. The van der Waals surface area contributed by atoms with E-state index in [1.165, 1.54) is 4.90 Å². The number of rotatable bonds is 8. The van der Waals surface area contributed by atoms with E-state index in [0.29, 0.717) is 48.1 Å². The van der Waals surface area contributed by atoms with Gasteiger partial charge in [-0.3, -0.25) is 9.59 Å². The average Bonchev–Trinajstić information content (AvgIpc) is 3.38. The van der Waals surface area contributed by atoms with E-state index in [-0.39, 0.29) is 18.1 Å². The Labute approximate surface area is 192 Å². The molecule has 0 bridgehead atoms. The molecule has 1 fully saturated rings. The predicted octanol–water partition coefficient (Wildman–Crippen LogP) is 2.96. The van der Waals surface area contributed by atoms with Crippen LogP contribution >= 0.6 is 0 Å². The zero-order valence-electron chi connectivity index (χ0n) is 18.6.